The Bertz CT molecular complexity index is 502. The molecule has 0 saturated heterocycles. The lowest BCUT2D eigenvalue weighted by Crippen LogP contribution is -2.18. The van der Waals surface area contributed by atoms with E-state index in [-0.39, 0.29) is 6.10 Å². The van der Waals surface area contributed by atoms with Gasteiger partial charge in [0.25, 0.3) is 0 Å². The second-order valence-corrected chi connectivity index (χ2v) is 4.32. The molecule has 0 fully saturated rings. The third-order valence-corrected chi connectivity index (χ3v) is 3.32. The van der Waals surface area contributed by atoms with Gasteiger partial charge in [-0.25, -0.2) is 0 Å². The van der Waals surface area contributed by atoms with Crippen molar-refractivity contribution in [2.24, 2.45) is 0 Å². The van der Waals surface area contributed by atoms with Gasteiger partial charge in [-0.15, -0.1) is 0 Å². The van der Waals surface area contributed by atoms with Gasteiger partial charge in [-0.1, -0.05) is 36.4 Å². The average Bonchev–Trinajstić information content (AvgIpc) is 2.28. The maximum absolute atomic E-state index is 9.63. The molecule has 1 atom stereocenters. The Morgan fingerprint density at radius 2 is 1.93 bits per heavy atom. The lowest BCUT2D eigenvalue weighted by Gasteiger charge is -2.22. The fourth-order valence-corrected chi connectivity index (χ4v) is 2.53. The van der Waals surface area contributed by atoms with E-state index in [4.69, 9.17) is 0 Å². The molecule has 2 aromatic rings. The Morgan fingerprint density at radius 1 is 1.07 bits per heavy atom. The van der Waals surface area contributed by atoms with Gasteiger partial charge >= 0.3 is 0 Å². The molecule has 0 aliphatic heterocycles. The van der Waals surface area contributed by atoms with Crippen molar-refractivity contribution in [2.45, 2.75) is 25.4 Å². The topological polar surface area (TPSA) is 20.2 Å². The molecule has 1 aliphatic rings. The summed E-state index contributed by atoms with van der Waals surface area (Å²) in [5.41, 5.74) is 2.77. The number of fused-ring (bicyclic) bond motifs is 3. The quantitative estimate of drug-likeness (QED) is 0.690. The van der Waals surface area contributed by atoms with E-state index in [9.17, 15) is 5.11 Å². The highest BCUT2D eigenvalue weighted by Crippen LogP contribution is 2.28. The lowest BCUT2D eigenvalue weighted by atomic mass is 9.86. The van der Waals surface area contributed by atoms with Crippen LogP contribution in [0.25, 0.3) is 10.8 Å². The van der Waals surface area contributed by atoms with Crippen LogP contribution in [0.15, 0.2) is 36.4 Å². The van der Waals surface area contributed by atoms with Crippen LogP contribution in [-0.2, 0) is 12.8 Å². The Hall–Kier alpha value is -1.34. The van der Waals surface area contributed by atoms with Crippen LogP contribution in [0.5, 0.6) is 0 Å². The number of aliphatic hydroxyl groups is 1. The van der Waals surface area contributed by atoms with E-state index in [1.54, 1.807) is 0 Å². The minimum Gasteiger partial charge on any atom is -0.393 e. The van der Waals surface area contributed by atoms with Crippen LogP contribution in [0.3, 0.4) is 0 Å². The normalized spacial score (nSPS) is 20.2. The molecule has 76 valence electrons. The zero-order valence-electron chi connectivity index (χ0n) is 8.61. The van der Waals surface area contributed by atoms with Gasteiger partial charge in [-0.05, 0) is 41.2 Å². The van der Waals surface area contributed by atoms with E-state index < -0.39 is 0 Å². The van der Waals surface area contributed by atoms with E-state index in [1.807, 2.05) is 0 Å². The molecule has 1 unspecified atom stereocenters. The van der Waals surface area contributed by atoms with Crippen molar-refractivity contribution in [3.05, 3.63) is 47.5 Å². The number of aliphatic hydroxyl groups excluding tert-OH is 1. The van der Waals surface area contributed by atoms with Crippen molar-refractivity contribution in [3.63, 3.8) is 0 Å². The number of hydrogen-bond acceptors (Lipinski definition) is 1. The smallest absolute Gasteiger partial charge is 0.0583 e. The van der Waals surface area contributed by atoms with Gasteiger partial charge in [0.2, 0.25) is 0 Å². The average molecular weight is 198 g/mol. The predicted octanol–water partition coefficient (Wildman–Crippen LogP) is 2.69. The van der Waals surface area contributed by atoms with Crippen LogP contribution in [0.4, 0.5) is 0 Å². The Kier molecular flexibility index (Phi) is 2.00. The maximum Gasteiger partial charge on any atom is 0.0583 e. The van der Waals surface area contributed by atoms with Crippen LogP contribution in [0.1, 0.15) is 17.5 Å². The van der Waals surface area contributed by atoms with Gasteiger partial charge in [-0.2, -0.15) is 0 Å². The molecule has 0 spiro atoms. The Balaban J connectivity index is 2.25. The highest BCUT2D eigenvalue weighted by atomic mass is 16.3. The monoisotopic (exact) mass is 198 g/mol. The molecule has 0 radical (unpaired) electrons. The molecule has 1 heteroatoms. The SMILES string of the molecule is OC1CCc2c(ccc3ccccc23)C1. The highest BCUT2D eigenvalue weighted by molar-refractivity contribution is 5.87. The maximum atomic E-state index is 9.63. The summed E-state index contributed by atoms with van der Waals surface area (Å²) >= 11 is 0. The number of aryl methyl sites for hydroxylation is 1. The van der Waals surface area contributed by atoms with Crippen molar-refractivity contribution < 1.29 is 5.11 Å². The number of benzene rings is 2. The summed E-state index contributed by atoms with van der Waals surface area (Å²) in [6, 6.07) is 12.8. The molecule has 0 heterocycles. The third kappa shape index (κ3) is 1.44. The molecule has 0 saturated carbocycles. The summed E-state index contributed by atoms with van der Waals surface area (Å²) in [5, 5.41) is 12.3. The van der Waals surface area contributed by atoms with Gasteiger partial charge in [-0.3, -0.25) is 0 Å². The zero-order chi connectivity index (χ0) is 10.3. The second-order valence-electron chi connectivity index (χ2n) is 4.32. The third-order valence-electron chi connectivity index (χ3n) is 3.32. The number of rotatable bonds is 0. The van der Waals surface area contributed by atoms with Crippen LogP contribution in [0, 0.1) is 0 Å². The molecule has 3 rings (SSSR count). The fraction of sp³-hybridized carbons (Fsp3) is 0.286. The van der Waals surface area contributed by atoms with Gasteiger partial charge in [0, 0.05) is 0 Å². The number of hydrogen-bond donors (Lipinski definition) is 1. The predicted molar refractivity (Wildman–Crippen MR) is 62.0 cm³/mol. The summed E-state index contributed by atoms with van der Waals surface area (Å²) in [6.07, 6.45) is 2.60. The molecule has 0 bridgehead atoms. The van der Waals surface area contributed by atoms with Crippen molar-refractivity contribution >= 4 is 10.8 Å². The summed E-state index contributed by atoms with van der Waals surface area (Å²) in [4.78, 5) is 0. The minimum absolute atomic E-state index is 0.140. The standard InChI is InChI=1S/C14H14O/c15-12-7-8-14-11(9-12)6-5-10-3-1-2-4-13(10)14/h1-6,12,15H,7-9H2. The van der Waals surface area contributed by atoms with Crippen molar-refractivity contribution in [3.8, 4) is 0 Å². The summed E-state index contributed by atoms with van der Waals surface area (Å²) in [5.74, 6) is 0. The van der Waals surface area contributed by atoms with Gasteiger partial charge < -0.3 is 5.11 Å². The summed E-state index contributed by atoms with van der Waals surface area (Å²) < 4.78 is 0. The van der Waals surface area contributed by atoms with Crippen LogP contribution >= 0.6 is 0 Å². The van der Waals surface area contributed by atoms with Gasteiger partial charge in [0.1, 0.15) is 0 Å². The van der Waals surface area contributed by atoms with Crippen LogP contribution < -0.4 is 0 Å². The molecular formula is C14H14O. The Labute approximate surface area is 89.4 Å². The molecule has 2 aromatic carbocycles. The first kappa shape index (κ1) is 8.93. The zero-order valence-corrected chi connectivity index (χ0v) is 8.61. The Morgan fingerprint density at radius 3 is 2.87 bits per heavy atom. The van der Waals surface area contributed by atoms with E-state index in [0.29, 0.717) is 0 Å². The van der Waals surface area contributed by atoms with Crippen molar-refractivity contribution in [2.75, 3.05) is 0 Å². The van der Waals surface area contributed by atoms with Crippen molar-refractivity contribution in [1.82, 2.24) is 0 Å². The first-order valence-electron chi connectivity index (χ1n) is 5.52. The van der Waals surface area contributed by atoms with Gasteiger partial charge in [0.05, 0.1) is 6.10 Å². The van der Waals surface area contributed by atoms with Crippen molar-refractivity contribution in [1.29, 1.82) is 0 Å². The van der Waals surface area contributed by atoms with E-state index in [0.717, 1.165) is 19.3 Å². The first-order valence-corrected chi connectivity index (χ1v) is 5.52. The van der Waals surface area contributed by atoms with E-state index >= 15 is 0 Å². The first-order chi connectivity index (χ1) is 7.34. The highest BCUT2D eigenvalue weighted by Gasteiger charge is 2.17. The molecule has 15 heavy (non-hydrogen) atoms. The largest absolute Gasteiger partial charge is 0.393 e. The van der Waals surface area contributed by atoms with Gasteiger partial charge in [0.15, 0.2) is 0 Å². The second kappa shape index (κ2) is 3.35. The molecule has 0 amide bonds. The lowest BCUT2D eigenvalue weighted by molar-refractivity contribution is 0.159. The molecule has 1 aliphatic carbocycles. The molecule has 1 nitrogen and oxygen atoms in total. The van der Waals surface area contributed by atoms with Crippen LogP contribution in [0.2, 0.25) is 0 Å². The fourth-order valence-electron chi connectivity index (χ4n) is 2.53. The minimum atomic E-state index is -0.140. The summed E-state index contributed by atoms with van der Waals surface area (Å²) in [7, 11) is 0. The van der Waals surface area contributed by atoms with E-state index in [1.165, 1.54) is 21.9 Å². The molecule has 1 N–H and O–H groups in total. The molecular weight excluding hydrogens is 184 g/mol. The summed E-state index contributed by atoms with van der Waals surface area (Å²) in [6.45, 7) is 0. The van der Waals surface area contributed by atoms with E-state index in [2.05, 4.69) is 36.4 Å². The van der Waals surface area contributed by atoms with Crippen LogP contribution in [-0.4, -0.2) is 11.2 Å². The molecule has 0 aromatic heterocycles.